The van der Waals surface area contributed by atoms with Crippen molar-refractivity contribution in [2.24, 2.45) is 0 Å². The van der Waals surface area contributed by atoms with Crippen LogP contribution in [-0.2, 0) is 0 Å². The fraction of sp³-hybridized carbons (Fsp3) is 1.00. The number of rotatable bonds is 3. The van der Waals surface area contributed by atoms with Gasteiger partial charge in [0.05, 0.1) is 0 Å². The van der Waals surface area contributed by atoms with E-state index in [9.17, 15) is 0 Å². The molecule has 0 aromatic heterocycles. The van der Waals surface area contributed by atoms with E-state index < -0.39 is 0 Å². The van der Waals surface area contributed by atoms with Gasteiger partial charge >= 0.3 is 68.8 Å². The summed E-state index contributed by atoms with van der Waals surface area (Å²) in [6.45, 7) is 4.29. The molecule has 0 bridgehead atoms. The van der Waals surface area contributed by atoms with Gasteiger partial charge in [0.2, 0.25) is 0 Å². The predicted octanol–water partition coefficient (Wildman–Crippen LogP) is 1.63. The van der Waals surface area contributed by atoms with Crippen LogP contribution in [0.5, 0.6) is 0 Å². The van der Waals surface area contributed by atoms with E-state index in [-0.39, 0.29) is 0 Å². The normalized spacial score (nSPS) is 18.0. The third-order valence-electron chi connectivity index (χ3n) is 0.703. The summed E-state index contributed by atoms with van der Waals surface area (Å²) in [4.78, 5) is 0. The molecule has 0 radical (unpaired) electrons. The monoisotopic (exact) mass is 216 g/mol. The number of hydrogen-bond donors (Lipinski definition) is 2. The van der Waals surface area contributed by atoms with Crippen molar-refractivity contribution in [2.75, 3.05) is 0 Å². The second-order valence-electron chi connectivity index (χ2n) is 1.60. The minimum absolute atomic E-state index is 0.560. The zero-order valence-corrected chi connectivity index (χ0v) is 8.67. The summed E-state index contributed by atoms with van der Waals surface area (Å²) in [5, 5.41) is 0. The van der Waals surface area contributed by atoms with E-state index in [2.05, 4.69) is 39.1 Å². The van der Waals surface area contributed by atoms with Gasteiger partial charge in [-0.15, -0.1) is 0 Å². The quantitative estimate of drug-likeness (QED) is 0.519. The summed E-state index contributed by atoms with van der Waals surface area (Å²) in [6.07, 6.45) is 1.17. The van der Waals surface area contributed by atoms with Gasteiger partial charge in [-0.05, 0) is 0 Å². The summed E-state index contributed by atoms with van der Waals surface area (Å²) in [7, 11) is 0. The SMILES string of the molecule is CCC(S)[Se]C(C)S. The van der Waals surface area contributed by atoms with Crippen LogP contribution >= 0.6 is 25.3 Å². The van der Waals surface area contributed by atoms with Gasteiger partial charge < -0.3 is 0 Å². The Morgan fingerprint density at radius 3 is 2.12 bits per heavy atom. The molecule has 2 unspecified atom stereocenters. The van der Waals surface area contributed by atoms with E-state index in [1.165, 1.54) is 6.42 Å². The molecule has 0 heterocycles. The van der Waals surface area contributed by atoms with E-state index in [0.29, 0.717) is 23.3 Å². The molecule has 0 aliphatic carbocycles. The van der Waals surface area contributed by atoms with Gasteiger partial charge in [0.15, 0.2) is 0 Å². The first kappa shape index (κ1) is 9.22. The molecule has 2 atom stereocenters. The second-order valence-corrected chi connectivity index (χ2v) is 7.81. The third-order valence-corrected chi connectivity index (χ3v) is 4.52. The first-order valence-corrected chi connectivity index (χ1v) is 5.69. The number of thiol groups is 2. The van der Waals surface area contributed by atoms with Crippen molar-refractivity contribution in [2.45, 2.75) is 28.6 Å². The van der Waals surface area contributed by atoms with E-state index >= 15 is 0 Å². The molecule has 0 aromatic rings. The molecule has 0 spiro atoms. The maximum absolute atomic E-state index is 4.35. The van der Waals surface area contributed by atoms with Crippen LogP contribution in [0.15, 0.2) is 0 Å². The second kappa shape index (κ2) is 5.04. The zero-order valence-electron chi connectivity index (χ0n) is 5.16. The third kappa shape index (κ3) is 5.36. The van der Waals surface area contributed by atoms with Crippen molar-refractivity contribution in [3.05, 3.63) is 0 Å². The van der Waals surface area contributed by atoms with Crippen LogP contribution in [0, 0.1) is 0 Å². The Balaban J connectivity index is 3.10. The Labute approximate surface area is 68.8 Å². The van der Waals surface area contributed by atoms with Gasteiger partial charge in [0.1, 0.15) is 0 Å². The van der Waals surface area contributed by atoms with Gasteiger partial charge in [-0.3, -0.25) is 0 Å². The molecule has 0 fully saturated rings. The van der Waals surface area contributed by atoms with Crippen LogP contribution in [-0.4, -0.2) is 23.3 Å². The van der Waals surface area contributed by atoms with Gasteiger partial charge in [-0.1, -0.05) is 0 Å². The van der Waals surface area contributed by atoms with E-state index in [1.54, 1.807) is 0 Å². The molecule has 0 amide bonds. The summed E-state index contributed by atoms with van der Waals surface area (Å²) >= 11 is 9.23. The van der Waals surface area contributed by atoms with Crippen molar-refractivity contribution in [3.8, 4) is 0 Å². The molecular formula is C5H12S2Se. The molecule has 0 saturated carbocycles. The van der Waals surface area contributed by atoms with Crippen LogP contribution in [0.3, 0.4) is 0 Å². The Morgan fingerprint density at radius 1 is 1.50 bits per heavy atom. The van der Waals surface area contributed by atoms with E-state index in [0.717, 1.165) is 0 Å². The Bertz CT molecular complexity index is 56.4. The van der Waals surface area contributed by atoms with Crippen LogP contribution in [0.4, 0.5) is 0 Å². The summed E-state index contributed by atoms with van der Waals surface area (Å²) in [5.41, 5.74) is 0. The van der Waals surface area contributed by atoms with Crippen molar-refractivity contribution in [1.82, 2.24) is 0 Å². The van der Waals surface area contributed by atoms with Crippen molar-refractivity contribution in [1.29, 1.82) is 0 Å². The summed E-state index contributed by atoms with van der Waals surface area (Å²) in [5.74, 6) is 0. The average Bonchev–Trinajstić information content (AvgIpc) is 1.65. The molecule has 50 valence electrons. The van der Waals surface area contributed by atoms with Crippen LogP contribution in [0.2, 0.25) is 0 Å². The van der Waals surface area contributed by atoms with Gasteiger partial charge in [0.25, 0.3) is 0 Å². The standard InChI is InChI=1S/C5H12S2Se/c1-3-5(7)8-4(2)6/h4-7H,3H2,1-2H3. The van der Waals surface area contributed by atoms with Crippen LogP contribution < -0.4 is 0 Å². The Hall–Kier alpha value is 1.22. The van der Waals surface area contributed by atoms with Gasteiger partial charge in [0, 0.05) is 0 Å². The van der Waals surface area contributed by atoms with Crippen LogP contribution in [0.1, 0.15) is 20.3 Å². The van der Waals surface area contributed by atoms with Gasteiger partial charge in [-0.25, -0.2) is 0 Å². The molecular weight excluding hydrogens is 203 g/mol. The molecule has 3 heteroatoms. The topological polar surface area (TPSA) is 0 Å². The summed E-state index contributed by atoms with van der Waals surface area (Å²) in [6, 6.07) is 0. The van der Waals surface area contributed by atoms with Crippen molar-refractivity contribution in [3.63, 3.8) is 0 Å². The van der Waals surface area contributed by atoms with E-state index in [4.69, 9.17) is 0 Å². The molecule has 0 nitrogen and oxygen atoms in total. The molecule has 0 aliphatic rings. The molecule has 8 heavy (non-hydrogen) atoms. The fourth-order valence-corrected chi connectivity index (χ4v) is 3.89. The average molecular weight is 215 g/mol. The Morgan fingerprint density at radius 2 is 2.00 bits per heavy atom. The zero-order chi connectivity index (χ0) is 6.57. The number of hydrogen-bond acceptors (Lipinski definition) is 2. The molecule has 0 rings (SSSR count). The fourth-order valence-electron chi connectivity index (χ4n) is 0.324. The molecule has 0 aromatic carbocycles. The first-order valence-electron chi connectivity index (χ1n) is 2.68. The van der Waals surface area contributed by atoms with Crippen LogP contribution in [0.25, 0.3) is 0 Å². The van der Waals surface area contributed by atoms with Crippen molar-refractivity contribution < 1.29 is 0 Å². The first-order chi connectivity index (χ1) is 3.66. The minimum atomic E-state index is 0.560. The van der Waals surface area contributed by atoms with Crippen molar-refractivity contribution >= 4 is 40.2 Å². The molecule has 0 N–H and O–H groups in total. The molecule has 0 aliphatic heterocycles. The summed E-state index contributed by atoms with van der Waals surface area (Å²) < 4.78 is 1.17. The Kier molecular flexibility index (Phi) is 5.81. The molecule has 0 saturated heterocycles. The maximum atomic E-state index is 4.35. The predicted molar refractivity (Wildman–Crippen MR) is 47.3 cm³/mol. The van der Waals surface area contributed by atoms with Gasteiger partial charge in [-0.2, -0.15) is 0 Å². The van der Waals surface area contributed by atoms with E-state index in [1.807, 2.05) is 0 Å².